The van der Waals surface area contributed by atoms with Gasteiger partial charge in [-0.2, -0.15) is 5.26 Å². The van der Waals surface area contributed by atoms with Gasteiger partial charge in [-0.15, -0.1) is 0 Å². The van der Waals surface area contributed by atoms with Gasteiger partial charge in [0.15, 0.2) is 0 Å². The van der Waals surface area contributed by atoms with Crippen LogP contribution in [0.4, 0.5) is 21.5 Å². The minimum atomic E-state index is -0.549. The molecule has 0 saturated carbocycles. The van der Waals surface area contributed by atoms with Gasteiger partial charge in [-0.1, -0.05) is 6.07 Å². The molecule has 3 nitrogen and oxygen atoms in total. The SMILES string of the molecule is N#Cc1c(F)cccc1Nc1ccc(I)cc1N. The van der Waals surface area contributed by atoms with Crippen molar-refractivity contribution in [2.24, 2.45) is 0 Å². The number of nitrogens with two attached hydrogens (primary N) is 1. The molecule has 0 aliphatic rings. The number of nitrogen functional groups attached to an aromatic ring is 1. The Labute approximate surface area is 118 Å². The third-order valence-electron chi connectivity index (χ3n) is 2.41. The van der Waals surface area contributed by atoms with Gasteiger partial charge in [0, 0.05) is 3.57 Å². The van der Waals surface area contributed by atoms with Crippen molar-refractivity contribution in [3.8, 4) is 6.07 Å². The van der Waals surface area contributed by atoms with Crippen molar-refractivity contribution < 1.29 is 4.39 Å². The van der Waals surface area contributed by atoms with E-state index in [1.54, 1.807) is 24.3 Å². The first-order valence-electron chi connectivity index (χ1n) is 5.12. The van der Waals surface area contributed by atoms with Gasteiger partial charge in [-0.25, -0.2) is 4.39 Å². The van der Waals surface area contributed by atoms with E-state index < -0.39 is 5.82 Å². The zero-order valence-electron chi connectivity index (χ0n) is 9.24. The van der Waals surface area contributed by atoms with Crippen LogP contribution in [0.3, 0.4) is 0 Å². The molecule has 0 aliphatic carbocycles. The van der Waals surface area contributed by atoms with Crippen LogP contribution < -0.4 is 11.1 Å². The highest BCUT2D eigenvalue weighted by Crippen LogP contribution is 2.27. The molecule has 0 unspecified atom stereocenters. The van der Waals surface area contributed by atoms with E-state index in [0.29, 0.717) is 17.1 Å². The molecule has 0 amide bonds. The second-order valence-corrected chi connectivity index (χ2v) is 4.88. The van der Waals surface area contributed by atoms with E-state index in [1.807, 2.05) is 12.1 Å². The average Bonchev–Trinajstić information content (AvgIpc) is 2.33. The fourth-order valence-electron chi connectivity index (χ4n) is 1.53. The topological polar surface area (TPSA) is 61.8 Å². The summed E-state index contributed by atoms with van der Waals surface area (Å²) < 4.78 is 14.4. The number of nitriles is 1. The number of hydrogen-bond acceptors (Lipinski definition) is 3. The zero-order valence-corrected chi connectivity index (χ0v) is 11.4. The van der Waals surface area contributed by atoms with E-state index >= 15 is 0 Å². The lowest BCUT2D eigenvalue weighted by atomic mass is 10.1. The fraction of sp³-hybridized carbons (Fsp3) is 0. The maximum atomic E-state index is 13.4. The Morgan fingerprint density at radius 2 is 2.00 bits per heavy atom. The number of nitrogens with zero attached hydrogens (tertiary/aromatic N) is 1. The highest BCUT2D eigenvalue weighted by atomic mass is 127. The van der Waals surface area contributed by atoms with Crippen LogP contribution in [-0.2, 0) is 0 Å². The molecule has 18 heavy (non-hydrogen) atoms. The summed E-state index contributed by atoms with van der Waals surface area (Å²) >= 11 is 2.15. The lowest BCUT2D eigenvalue weighted by Gasteiger charge is -2.11. The summed E-state index contributed by atoms with van der Waals surface area (Å²) in [6.07, 6.45) is 0. The summed E-state index contributed by atoms with van der Waals surface area (Å²) in [4.78, 5) is 0. The van der Waals surface area contributed by atoms with Gasteiger partial charge in [0.25, 0.3) is 0 Å². The Kier molecular flexibility index (Phi) is 3.67. The maximum absolute atomic E-state index is 13.4. The van der Waals surface area contributed by atoms with E-state index in [2.05, 4.69) is 27.9 Å². The van der Waals surface area contributed by atoms with E-state index in [0.717, 1.165) is 3.57 Å². The maximum Gasteiger partial charge on any atom is 0.143 e. The number of halogens is 2. The molecule has 0 heterocycles. The van der Waals surface area contributed by atoms with Crippen LogP contribution >= 0.6 is 22.6 Å². The highest BCUT2D eigenvalue weighted by Gasteiger charge is 2.09. The third-order valence-corrected chi connectivity index (χ3v) is 3.08. The largest absolute Gasteiger partial charge is 0.397 e. The molecule has 2 rings (SSSR count). The van der Waals surface area contributed by atoms with Crippen LogP contribution in [0.15, 0.2) is 36.4 Å². The predicted molar refractivity (Wildman–Crippen MR) is 78.0 cm³/mol. The monoisotopic (exact) mass is 353 g/mol. The molecule has 0 atom stereocenters. The van der Waals surface area contributed by atoms with Crippen molar-refractivity contribution in [1.29, 1.82) is 5.26 Å². The van der Waals surface area contributed by atoms with Crippen molar-refractivity contribution in [3.05, 3.63) is 51.3 Å². The fourth-order valence-corrected chi connectivity index (χ4v) is 2.05. The molecule has 0 aliphatic heterocycles. The molecule has 0 spiro atoms. The van der Waals surface area contributed by atoms with Crippen LogP contribution in [0.5, 0.6) is 0 Å². The van der Waals surface area contributed by atoms with Crippen molar-refractivity contribution >= 4 is 39.7 Å². The van der Waals surface area contributed by atoms with Gasteiger partial charge in [0.1, 0.15) is 17.4 Å². The van der Waals surface area contributed by atoms with Gasteiger partial charge in [0.05, 0.1) is 17.1 Å². The third kappa shape index (κ3) is 2.54. The second-order valence-electron chi connectivity index (χ2n) is 3.63. The van der Waals surface area contributed by atoms with Gasteiger partial charge < -0.3 is 11.1 Å². The van der Waals surface area contributed by atoms with Crippen LogP contribution in [-0.4, -0.2) is 0 Å². The summed E-state index contributed by atoms with van der Waals surface area (Å²) in [6.45, 7) is 0. The molecule has 3 N–H and O–H groups in total. The summed E-state index contributed by atoms with van der Waals surface area (Å²) in [5.41, 5.74) is 7.45. The summed E-state index contributed by atoms with van der Waals surface area (Å²) in [5.74, 6) is -0.549. The molecular formula is C13H9FIN3. The zero-order chi connectivity index (χ0) is 13.1. The minimum Gasteiger partial charge on any atom is -0.397 e. The van der Waals surface area contributed by atoms with Crippen LogP contribution in [0.2, 0.25) is 0 Å². The molecule has 90 valence electrons. The Morgan fingerprint density at radius 3 is 2.67 bits per heavy atom. The molecule has 5 heteroatoms. The molecule has 0 radical (unpaired) electrons. The molecular weight excluding hydrogens is 344 g/mol. The van der Waals surface area contributed by atoms with Crippen molar-refractivity contribution in [3.63, 3.8) is 0 Å². The Balaban J connectivity index is 2.41. The first kappa shape index (κ1) is 12.6. The van der Waals surface area contributed by atoms with Gasteiger partial charge in [-0.3, -0.25) is 0 Å². The summed E-state index contributed by atoms with van der Waals surface area (Å²) in [7, 11) is 0. The first-order chi connectivity index (χ1) is 8.61. The second kappa shape index (κ2) is 5.23. The Bertz CT molecular complexity index is 635. The van der Waals surface area contributed by atoms with E-state index in [9.17, 15) is 4.39 Å². The van der Waals surface area contributed by atoms with Gasteiger partial charge in [-0.05, 0) is 52.9 Å². The number of rotatable bonds is 2. The minimum absolute atomic E-state index is 0.0181. The standard InChI is InChI=1S/C13H9FIN3/c14-10-2-1-3-12(9(10)7-16)18-13-5-4-8(15)6-11(13)17/h1-6,18H,17H2. The first-order valence-corrected chi connectivity index (χ1v) is 6.20. The van der Waals surface area contributed by atoms with Gasteiger partial charge >= 0.3 is 0 Å². The van der Waals surface area contributed by atoms with Gasteiger partial charge in [0.2, 0.25) is 0 Å². The smallest absolute Gasteiger partial charge is 0.143 e. The quantitative estimate of drug-likeness (QED) is 0.640. The molecule has 0 fully saturated rings. The summed E-state index contributed by atoms with van der Waals surface area (Å²) in [5, 5.41) is 11.9. The van der Waals surface area contributed by atoms with Crippen LogP contribution in [0, 0.1) is 20.7 Å². The molecule has 0 bridgehead atoms. The lowest BCUT2D eigenvalue weighted by molar-refractivity contribution is 0.624. The van der Waals surface area contributed by atoms with E-state index in [1.165, 1.54) is 6.07 Å². The molecule has 2 aromatic rings. The number of benzene rings is 2. The van der Waals surface area contributed by atoms with Crippen molar-refractivity contribution in [2.45, 2.75) is 0 Å². The van der Waals surface area contributed by atoms with E-state index in [4.69, 9.17) is 11.0 Å². The normalized spacial score (nSPS) is 9.83. The molecule has 0 aromatic heterocycles. The number of anilines is 3. The van der Waals surface area contributed by atoms with Crippen molar-refractivity contribution in [2.75, 3.05) is 11.1 Å². The molecule has 2 aromatic carbocycles. The van der Waals surface area contributed by atoms with Crippen LogP contribution in [0.1, 0.15) is 5.56 Å². The number of hydrogen-bond donors (Lipinski definition) is 2. The lowest BCUT2D eigenvalue weighted by Crippen LogP contribution is -1.99. The van der Waals surface area contributed by atoms with Crippen LogP contribution in [0.25, 0.3) is 0 Å². The van der Waals surface area contributed by atoms with E-state index in [-0.39, 0.29) is 5.56 Å². The Hall–Kier alpha value is -1.81. The number of nitrogens with one attached hydrogen (secondary N) is 1. The Morgan fingerprint density at radius 1 is 1.22 bits per heavy atom. The highest BCUT2D eigenvalue weighted by molar-refractivity contribution is 14.1. The van der Waals surface area contributed by atoms with Crippen molar-refractivity contribution in [1.82, 2.24) is 0 Å². The molecule has 0 saturated heterocycles. The predicted octanol–water partition coefficient (Wildman–Crippen LogP) is 3.63. The average molecular weight is 353 g/mol. The summed E-state index contributed by atoms with van der Waals surface area (Å²) in [6, 6.07) is 11.7.